The van der Waals surface area contributed by atoms with Crippen LogP contribution in [0.3, 0.4) is 0 Å². The highest BCUT2D eigenvalue weighted by Crippen LogP contribution is 2.29. The first-order chi connectivity index (χ1) is 12.5. The molecule has 0 saturated carbocycles. The first-order valence-corrected chi connectivity index (χ1v) is 11.0. The van der Waals surface area contributed by atoms with Gasteiger partial charge in [-0.1, -0.05) is 0 Å². The van der Waals surface area contributed by atoms with Crippen molar-refractivity contribution in [2.75, 3.05) is 30.7 Å². The summed E-state index contributed by atoms with van der Waals surface area (Å²) >= 11 is 0. The van der Waals surface area contributed by atoms with Crippen molar-refractivity contribution in [3.8, 4) is 0 Å². The van der Waals surface area contributed by atoms with Gasteiger partial charge in [-0.2, -0.15) is 0 Å². The Morgan fingerprint density at radius 3 is 2.22 bits per heavy atom. The Morgan fingerprint density at radius 1 is 1.00 bits per heavy atom. The predicted octanol–water partition coefficient (Wildman–Crippen LogP) is 2.62. The molecule has 2 aromatic carbocycles. The van der Waals surface area contributed by atoms with E-state index in [1.54, 1.807) is 0 Å². The second kappa shape index (κ2) is 7.83. The zero-order valence-corrected chi connectivity index (χ0v) is 17.1. The minimum Gasteiger partial charge on any atom is -0.384 e. The van der Waals surface area contributed by atoms with Gasteiger partial charge >= 0.3 is 0 Å². The highest BCUT2D eigenvalue weighted by Gasteiger charge is 2.22. The molecule has 0 heterocycles. The molecule has 27 heavy (non-hydrogen) atoms. The maximum absolute atomic E-state index is 13.3. The number of nitrogens with zero attached hydrogens (tertiary/aromatic N) is 1. The summed E-state index contributed by atoms with van der Waals surface area (Å²) in [6.07, 6.45) is 0. The summed E-state index contributed by atoms with van der Waals surface area (Å²) in [6.45, 7) is 3.81. The van der Waals surface area contributed by atoms with Crippen LogP contribution in [0.4, 0.5) is 15.8 Å². The van der Waals surface area contributed by atoms with Crippen molar-refractivity contribution < 1.29 is 21.2 Å². The smallest absolute Gasteiger partial charge is 0.262 e. The van der Waals surface area contributed by atoms with Crippen molar-refractivity contribution in [1.82, 2.24) is 4.31 Å². The third-order valence-electron chi connectivity index (χ3n) is 3.81. The number of aryl methyl sites for hydroxylation is 1. The van der Waals surface area contributed by atoms with Crippen molar-refractivity contribution in [2.24, 2.45) is 0 Å². The number of hydrogen-bond acceptors (Lipinski definition) is 5. The van der Waals surface area contributed by atoms with E-state index in [-0.39, 0.29) is 21.0 Å². The Hall–Kier alpha value is -2.17. The number of rotatable bonds is 7. The lowest BCUT2D eigenvalue weighted by Gasteiger charge is -2.17. The molecule has 0 aliphatic heterocycles. The van der Waals surface area contributed by atoms with E-state index in [4.69, 9.17) is 0 Å². The number of hydrogen-bond donors (Lipinski definition) is 2. The second-order valence-electron chi connectivity index (χ2n) is 6.04. The van der Waals surface area contributed by atoms with Crippen molar-refractivity contribution in [1.29, 1.82) is 0 Å². The average Bonchev–Trinajstić information content (AvgIpc) is 2.55. The lowest BCUT2D eigenvalue weighted by atomic mass is 10.2. The van der Waals surface area contributed by atoms with Gasteiger partial charge in [-0.05, 0) is 55.8 Å². The van der Waals surface area contributed by atoms with Crippen LogP contribution in [0.1, 0.15) is 12.5 Å². The van der Waals surface area contributed by atoms with Gasteiger partial charge in [0.15, 0.2) is 0 Å². The summed E-state index contributed by atoms with van der Waals surface area (Å²) in [4.78, 5) is -0.144. The highest BCUT2D eigenvalue weighted by atomic mass is 32.2. The Bertz CT molecular complexity index is 1050. The summed E-state index contributed by atoms with van der Waals surface area (Å²) in [6, 6.07) is 7.49. The molecule has 0 unspecified atom stereocenters. The van der Waals surface area contributed by atoms with Crippen LogP contribution in [0.5, 0.6) is 0 Å². The van der Waals surface area contributed by atoms with Gasteiger partial charge in [-0.15, -0.1) is 0 Å². The molecule has 10 heteroatoms. The first kappa shape index (κ1) is 21.1. The number of anilines is 2. The van der Waals surface area contributed by atoms with E-state index in [9.17, 15) is 21.2 Å². The minimum atomic E-state index is -4.05. The van der Waals surface area contributed by atoms with Gasteiger partial charge in [0.1, 0.15) is 5.82 Å². The van der Waals surface area contributed by atoms with Crippen LogP contribution < -0.4 is 10.0 Å². The molecule has 0 spiro atoms. The zero-order chi connectivity index (χ0) is 20.4. The predicted molar refractivity (Wildman–Crippen MR) is 103 cm³/mol. The molecule has 0 fully saturated rings. The largest absolute Gasteiger partial charge is 0.384 e. The fraction of sp³-hybridized carbons (Fsp3) is 0.294. The number of benzene rings is 2. The standard InChI is InChI=1S/C17H22FN3O4S2/c1-5-19-15-8-7-14(27(24,25)21(3)4)11-16(15)20-26(22,23)17-9-6-13(18)10-12(17)2/h6-11,19-20H,5H2,1-4H3. The van der Waals surface area contributed by atoms with Gasteiger partial charge in [-0.25, -0.2) is 25.5 Å². The second-order valence-corrected chi connectivity index (χ2v) is 9.84. The van der Waals surface area contributed by atoms with E-state index in [0.29, 0.717) is 12.2 Å². The van der Waals surface area contributed by atoms with E-state index >= 15 is 0 Å². The van der Waals surface area contributed by atoms with Crippen molar-refractivity contribution in [3.05, 3.63) is 47.8 Å². The van der Waals surface area contributed by atoms with Gasteiger partial charge in [0.05, 0.1) is 21.2 Å². The van der Waals surface area contributed by atoms with Gasteiger partial charge in [0.25, 0.3) is 10.0 Å². The van der Waals surface area contributed by atoms with Crippen LogP contribution in [0.2, 0.25) is 0 Å². The Balaban J connectivity index is 2.55. The van der Waals surface area contributed by atoms with Crippen LogP contribution in [-0.2, 0) is 20.0 Å². The Kier molecular flexibility index (Phi) is 6.13. The van der Waals surface area contributed by atoms with Crippen molar-refractivity contribution in [2.45, 2.75) is 23.6 Å². The Morgan fingerprint density at radius 2 is 1.67 bits per heavy atom. The van der Waals surface area contributed by atoms with E-state index in [1.165, 1.54) is 45.3 Å². The maximum Gasteiger partial charge on any atom is 0.262 e. The molecule has 0 atom stereocenters. The molecular formula is C17H22FN3O4S2. The molecule has 0 aromatic heterocycles. The number of nitrogens with one attached hydrogen (secondary N) is 2. The highest BCUT2D eigenvalue weighted by molar-refractivity contribution is 7.92. The molecule has 148 valence electrons. The number of sulfonamides is 2. The molecule has 2 aromatic rings. The van der Waals surface area contributed by atoms with Crippen molar-refractivity contribution in [3.63, 3.8) is 0 Å². The average molecular weight is 416 g/mol. The fourth-order valence-electron chi connectivity index (χ4n) is 2.44. The number of halogens is 1. The van der Waals surface area contributed by atoms with Crippen LogP contribution in [-0.4, -0.2) is 41.8 Å². The van der Waals surface area contributed by atoms with E-state index in [1.807, 2.05) is 6.92 Å². The quantitative estimate of drug-likeness (QED) is 0.725. The van der Waals surface area contributed by atoms with E-state index < -0.39 is 25.9 Å². The van der Waals surface area contributed by atoms with Gasteiger partial charge in [-0.3, -0.25) is 4.72 Å². The maximum atomic E-state index is 13.3. The molecule has 0 saturated heterocycles. The van der Waals surface area contributed by atoms with Crippen molar-refractivity contribution >= 4 is 31.4 Å². The van der Waals surface area contributed by atoms with Gasteiger partial charge in [0.2, 0.25) is 10.0 Å². The molecule has 0 bridgehead atoms. The lowest BCUT2D eigenvalue weighted by Crippen LogP contribution is -2.23. The molecular weight excluding hydrogens is 393 g/mol. The van der Waals surface area contributed by atoms with E-state index in [0.717, 1.165) is 16.4 Å². The molecule has 7 nitrogen and oxygen atoms in total. The van der Waals surface area contributed by atoms with Gasteiger partial charge < -0.3 is 5.32 Å². The van der Waals surface area contributed by atoms with Gasteiger partial charge in [0, 0.05) is 20.6 Å². The fourth-order valence-corrected chi connectivity index (χ4v) is 4.66. The first-order valence-electron chi connectivity index (χ1n) is 8.08. The molecule has 0 amide bonds. The zero-order valence-electron chi connectivity index (χ0n) is 15.4. The van der Waals surface area contributed by atoms with Crippen LogP contribution in [0.25, 0.3) is 0 Å². The summed E-state index contributed by atoms with van der Waals surface area (Å²) in [7, 11) is -5.02. The SMILES string of the molecule is CCNc1ccc(S(=O)(=O)N(C)C)cc1NS(=O)(=O)c1ccc(F)cc1C. The molecule has 0 aliphatic rings. The molecule has 2 N–H and O–H groups in total. The normalized spacial score (nSPS) is 12.2. The third kappa shape index (κ3) is 4.57. The summed E-state index contributed by atoms with van der Waals surface area (Å²) in [5, 5.41) is 2.99. The van der Waals surface area contributed by atoms with Crippen LogP contribution in [0, 0.1) is 12.7 Å². The monoisotopic (exact) mass is 415 g/mol. The third-order valence-corrected chi connectivity index (χ3v) is 7.14. The summed E-state index contributed by atoms with van der Waals surface area (Å²) in [5.74, 6) is -0.543. The summed E-state index contributed by atoms with van der Waals surface area (Å²) in [5.41, 5.74) is 0.756. The molecule has 0 aliphatic carbocycles. The minimum absolute atomic E-state index is 0.0531. The lowest BCUT2D eigenvalue weighted by molar-refractivity contribution is 0.521. The summed E-state index contributed by atoms with van der Waals surface area (Å²) < 4.78 is 67.0. The molecule has 2 rings (SSSR count). The van der Waals surface area contributed by atoms with Crippen LogP contribution in [0.15, 0.2) is 46.2 Å². The van der Waals surface area contributed by atoms with Crippen LogP contribution >= 0.6 is 0 Å². The van der Waals surface area contributed by atoms with E-state index in [2.05, 4.69) is 10.0 Å². The Labute approximate surface area is 159 Å². The topological polar surface area (TPSA) is 95.6 Å². The molecule has 0 radical (unpaired) electrons.